The summed E-state index contributed by atoms with van der Waals surface area (Å²) in [4.78, 5) is 11.1. The lowest BCUT2D eigenvalue weighted by molar-refractivity contribution is 0.204. The van der Waals surface area contributed by atoms with Crippen molar-refractivity contribution in [3.8, 4) is 0 Å². The molecule has 0 fully saturated rings. The Labute approximate surface area is 122 Å². The van der Waals surface area contributed by atoms with Crippen LogP contribution in [0.15, 0.2) is 6.33 Å². The summed E-state index contributed by atoms with van der Waals surface area (Å²) >= 11 is 0. The maximum absolute atomic E-state index is 5.21. The molecule has 0 aromatic carbocycles. The number of ether oxygens (including phenoxy) is 1. The number of anilines is 2. The van der Waals surface area contributed by atoms with Gasteiger partial charge in [-0.2, -0.15) is 0 Å². The van der Waals surface area contributed by atoms with Crippen molar-refractivity contribution in [1.82, 2.24) is 9.97 Å². The number of hydrogen-bond acceptors (Lipinski definition) is 5. The van der Waals surface area contributed by atoms with Gasteiger partial charge in [0.15, 0.2) is 0 Å². The molecule has 0 spiro atoms. The normalized spacial score (nSPS) is 10.9. The molecule has 5 heteroatoms. The summed E-state index contributed by atoms with van der Waals surface area (Å²) in [6.45, 7) is 12.1. The first kappa shape index (κ1) is 16.7. The maximum Gasteiger partial charge on any atom is 0.137 e. The predicted molar refractivity (Wildman–Crippen MR) is 84.5 cm³/mol. The van der Waals surface area contributed by atoms with Gasteiger partial charge in [-0.05, 0) is 19.3 Å². The Morgan fingerprint density at radius 3 is 2.70 bits per heavy atom. The van der Waals surface area contributed by atoms with E-state index in [1.54, 1.807) is 13.4 Å². The highest BCUT2D eigenvalue weighted by Crippen LogP contribution is 2.22. The Morgan fingerprint density at radius 2 is 2.10 bits per heavy atom. The van der Waals surface area contributed by atoms with Crippen LogP contribution in [0.5, 0.6) is 0 Å². The van der Waals surface area contributed by atoms with E-state index < -0.39 is 0 Å². The molecule has 1 aromatic heterocycles. The van der Waals surface area contributed by atoms with Crippen LogP contribution in [0.3, 0.4) is 0 Å². The molecular weight excluding hydrogens is 252 g/mol. The third-order valence-corrected chi connectivity index (χ3v) is 3.05. The highest BCUT2D eigenvalue weighted by molar-refractivity contribution is 5.57. The molecule has 1 aromatic rings. The van der Waals surface area contributed by atoms with E-state index in [1.165, 1.54) is 0 Å². The zero-order valence-electron chi connectivity index (χ0n) is 13.4. The van der Waals surface area contributed by atoms with Crippen molar-refractivity contribution in [2.24, 2.45) is 5.92 Å². The Kier molecular flexibility index (Phi) is 7.30. The minimum Gasteiger partial charge on any atom is -0.383 e. The van der Waals surface area contributed by atoms with Gasteiger partial charge < -0.3 is 15.0 Å². The highest BCUT2D eigenvalue weighted by Gasteiger charge is 2.15. The average Bonchev–Trinajstić information content (AvgIpc) is 2.42. The number of methoxy groups -OCH3 is 1. The largest absolute Gasteiger partial charge is 0.383 e. The topological polar surface area (TPSA) is 50.3 Å². The van der Waals surface area contributed by atoms with Gasteiger partial charge in [-0.25, -0.2) is 9.97 Å². The molecule has 0 aliphatic carbocycles. The van der Waals surface area contributed by atoms with Crippen LogP contribution in [0, 0.1) is 12.8 Å². The van der Waals surface area contributed by atoms with Gasteiger partial charge in [0, 0.05) is 32.3 Å². The Hall–Kier alpha value is -1.36. The van der Waals surface area contributed by atoms with Crippen LogP contribution in [0.25, 0.3) is 0 Å². The van der Waals surface area contributed by atoms with E-state index in [1.807, 2.05) is 0 Å². The van der Waals surface area contributed by atoms with Crippen molar-refractivity contribution in [3.63, 3.8) is 0 Å². The highest BCUT2D eigenvalue weighted by atomic mass is 16.5. The van der Waals surface area contributed by atoms with Gasteiger partial charge in [-0.1, -0.05) is 20.8 Å². The van der Waals surface area contributed by atoms with Crippen LogP contribution < -0.4 is 10.2 Å². The average molecular weight is 280 g/mol. The molecule has 1 heterocycles. The maximum atomic E-state index is 5.21. The molecule has 0 radical (unpaired) electrons. The summed E-state index contributed by atoms with van der Waals surface area (Å²) in [6.07, 6.45) is 2.72. The monoisotopic (exact) mass is 280 g/mol. The first-order valence-corrected chi connectivity index (χ1v) is 7.39. The summed E-state index contributed by atoms with van der Waals surface area (Å²) in [5, 5.41) is 3.36. The Morgan fingerprint density at radius 1 is 1.35 bits per heavy atom. The number of nitrogens with zero attached hydrogens (tertiary/aromatic N) is 3. The number of rotatable bonds is 9. The fraction of sp³-hybridized carbons (Fsp3) is 0.733. The van der Waals surface area contributed by atoms with Gasteiger partial charge in [-0.15, -0.1) is 0 Å². The SMILES string of the molecule is CCCNc1ncnc(N(CCOC)CC(C)C)c1C. The van der Waals surface area contributed by atoms with E-state index in [-0.39, 0.29) is 0 Å². The van der Waals surface area contributed by atoms with Gasteiger partial charge in [0.05, 0.1) is 6.61 Å². The van der Waals surface area contributed by atoms with Gasteiger partial charge in [-0.3, -0.25) is 0 Å². The van der Waals surface area contributed by atoms with E-state index in [0.717, 1.165) is 43.3 Å². The van der Waals surface area contributed by atoms with Crippen LogP contribution in [0.2, 0.25) is 0 Å². The van der Waals surface area contributed by atoms with Crippen molar-refractivity contribution in [2.45, 2.75) is 34.1 Å². The second-order valence-electron chi connectivity index (χ2n) is 5.43. The molecule has 0 bridgehead atoms. The molecule has 20 heavy (non-hydrogen) atoms. The molecular formula is C15H28N4O. The second kappa shape index (κ2) is 8.74. The van der Waals surface area contributed by atoms with Crippen molar-refractivity contribution >= 4 is 11.6 Å². The van der Waals surface area contributed by atoms with Gasteiger partial charge in [0.25, 0.3) is 0 Å². The van der Waals surface area contributed by atoms with Gasteiger partial charge in [0.2, 0.25) is 0 Å². The standard InChI is InChI=1S/C15H28N4O/c1-6-7-16-14-13(4)15(18-11-17-14)19(8-9-20-5)10-12(2)3/h11-12H,6-10H2,1-5H3,(H,16,17,18). The molecule has 0 saturated heterocycles. The quantitative estimate of drug-likeness (QED) is 0.753. The van der Waals surface area contributed by atoms with Crippen LogP contribution in [0.1, 0.15) is 32.8 Å². The number of aromatic nitrogens is 2. The molecule has 0 atom stereocenters. The van der Waals surface area contributed by atoms with Crippen LogP contribution in [0.4, 0.5) is 11.6 Å². The van der Waals surface area contributed by atoms with Crippen molar-refractivity contribution in [2.75, 3.05) is 43.6 Å². The molecule has 0 aliphatic heterocycles. The van der Waals surface area contributed by atoms with Crippen LogP contribution in [-0.2, 0) is 4.74 Å². The molecule has 5 nitrogen and oxygen atoms in total. The number of hydrogen-bond donors (Lipinski definition) is 1. The predicted octanol–water partition coefficient (Wildman–Crippen LogP) is 2.72. The van der Waals surface area contributed by atoms with E-state index in [0.29, 0.717) is 12.5 Å². The summed E-state index contributed by atoms with van der Waals surface area (Å²) in [7, 11) is 1.73. The lowest BCUT2D eigenvalue weighted by atomic mass is 10.2. The fourth-order valence-electron chi connectivity index (χ4n) is 2.11. The lowest BCUT2D eigenvalue weighted by Gasteiger charge is -2.27. The van der Waals surface area contributed by atoms with Crippen molar-refractivity contribution in [3.05, 3.63) is 11.9 Å². The molecule has 1 N–H and O–H groups in total. The molecule has 0 aliphatic rings. The summed E-state index contributed by atoms with van der Waals surface area (Å²) in [5.41, 5.74) is 1.11. The van der Waals surface area contributed by atoms with Gasteiger partial charge >= 0.3 is 0 Å². The van der Waals surface area contributed by atoms with Gasteiger partial charge in [0.1, 0.15) is 18.0 Å². The molecule has 0 amide bonds. The second-order valence-corrected chi connectivity index (χ2v) is 5.43. The zero-order chi connectivity index (χ0) is 15.0. The number of nitrogens with one attached hydrogen (secondary N) is 1. The molecule has 1 rings (SSSR count). The summed E-state index contributed by atoms with van der Waals surface area (Å²) < 4.78 is 5.21. The third-order valence-electron chi connectivity index (χ3n) is 3.05. The third kappa shape index (κ3) is 4.96. The van der Waals surface area contributed by atoms with E-state index in [2.05, 4.69) is 47.9 Å². The molecule has 114 valence electrons. The lowest BCUT2D eigenvalue weighted by Crippen LogP contribution is -2.32. The summed E-state index contributed by atoms with van der Waals surface area (Å²) in [5.74, 6) is 2.51. The smallest absolute Gasteiger partial charge is 0.137 e. The van der Waals surface area contributed by atoms with Crippen molar-refractivity contribution in [1.29, 1.82) is 0 Å². The first-order chi connectivity index (χ1) is 9.60. The molecule has 0 saturated carbocycles. The minimum absolute atomic E-state index is 0.577. The molecule has 0 unspecified atom stereocenters. The Bertz CT molecular complexity index is 395. The zero-order valence-corrected chi connectivity index (χ0v) is 13.4. The Balaban J connectivity index is 2.93. The van der Waals surface area contributed by atoms with E-state index in [4.69, 9.17) is 4.74 Å². The summed E-state index contributed by atoms with van der Waals surface area (Å²) in [6, 6.07) is 0. The van der Waals surface area contributed by atoms with E-state index in [9.17, 15) is 0 Å². The van der Waals surface area contributed by atoms with Crippen molar-refractivity contribution < 1.29 is 4.74 Å². The first-order valence-electron chi connectivity index (χ1n) is 7.39. The van der Waals surface area contributed by atoms with Crippen LogP contribution >= 0.6 is 0 Å². The van der Waals surface area contributed by atoms with E-state index >= 15 is 0 Å². The van der Waals surface area contributed by atoms with Crippen LogP contribution in [-0.4, -0.2) is 43.3 Å². The minimum atomic E-state index is 0.577. The fourth-order valence-corrected chi connectivity index (χ4v) is 2.11.